The molecule has 4 aromatic rings. The Labute approximate surface area is 195 Å². The number of hydrogen-bond donors (Lipinski definition) is 3. The van der Waals surface area contributed by atoms with E-state index in [0.717, 1.165) is 39.2 Å². The molecule has 30 heavy (non-hydrogen) atoms. The molecule has 0 unspecified atom stereocenters. The van der Waals surface area contributed by atoms with E-state index in [2.05, 4.69) is 43.1 Å². The van der Waals surface area contributed by atoms with Crippen LogP contribution in [0.25, 0.3) is 22.2 Å². The summed E-state index contributed by atoms with van der Waals surface area (Å²) in [6.07, 6.45) is 2.70. The molecule has 0 fully saturated rings. The van der Waals surface area contributed by atoms with Gasteiger partial charge in [-0.15, -0.1) is 35.3 Å². The molecule has 4 rings (SSSR count). The summed E-state index contributed by atoms with van der Waals surface area (Å²) in [5.41, 5.74) is 4.13. The molecule has 0 radical (unpaired) electrons. The van der Waals surface area contributed by atoms with Crippen molar-refractivity contribution in [2.75, 3.05) is 13.6 Å². The van der Waals surface area contributed by atoms with Crippen LogP contribution in [0.2, 0.25) is 0 Å². The maximum Gasteiger partial charge on any atom is 0.191 e. The van der Waals surface area contributed by atoms with Gasteiger partial charge in [0.1, 0.15) is 10.8 Å². The van der Waals surface area contributed by atoms with Gasteiger partial charge in [0.05, 0.1) is 12.2 Å². The van der Waals surface area contributed by atoms with Gasteiger partial charge in [-0.3, -0.25) is 4.99 Å². The molecule has 2 heterocycles. The Morgan fingerprint density at radius 1 is 1.17 bits per heavy atom. The lowest BCUT2D eigenvalue weighted by Gasteiger charge is -2.10. The summed E-state index contributed by atoms with van der Waals surface area (Å²) in [6, 6.07) is 14.9. The number of hydrogen-bond acceptors (Lipinski definition) is 3. The molecule has 0 aliphatic carbocycles. The van der Waals surface area contributed by atoms with E-state index in [9.17, 15) is 4.39 Å². The van der Waals surface area contributed by atoms with Crippen molar-refractivity contribution in [3.8, 4) is 11.3 Å². The zero-order chi connectivity index (χ0) is 20.1. The maximum atomic E-state index is 13.5. The van der Waals surface area contributed by atoms with Gasteiger partial charge in [0.15, 0.2) is 5.96 Å². The number of benzene rings is 2. The Hall–Kier alpha value is -2.46. The fraction of sp³-hybridized carbons (Fsp3) is 0.182. The standard InChI is InChI=1S/C22H22FN5S.HI/c1-24-22(25-10-9-16-12-26-19-8-7-17(23)11-18(16)19)27-13-21-28-20(14-29-21)15-5-3-2-4-6-15;/h2-8,11-12,14,26H,9-10,13H2,1H3,(H2,24,25,27);1H. The van der Waals surface area contributed by atoms with Gasteiger partial charge in [-0.05, 0) is 30.2 Å². The molecular formula is C22H23FIN5S. The fourth-order valence-corrected chi connectivity index (χ4v) is 3.93. The summed E-state index contributed by atoms with van der Waals surface area (Å²) in [7, 11) is 1.74. The lowest BCUT2D eigenvalue weighted by Crippen LogP contribution is -2.37. The molecule has 0 saturated carbocycles. The Morgan fingerprint density at radius 2 is 2.00 bits per heavy atom. The van der Waals surface area contributed by atoms with Gasteiger partial charge in [-0.25, -0.2) is 9.37 Å². The Kier molecular flexibility index (Phi) is 7.81. The number of aromatic nitrogens is 2. The lowest BCUT2D eigenvalue weighted by atomic mass is 10.1. The summed E-state index contributed by atoms with van der Waals surface area (Å²) < 4.78 is 13.5. The fourth-order valence-electron chi connectivity index (χ4n) is 3.19. The van der Waals surface area contributed by atoms with E-state index in [4.69, 9.17) is 0 Å². The van der Waals surface area contributed by atoms with E-state index in [1.807, 2.05) is 24.4 Å². The van der Waals surface area contributed by atoms with Crippen molar-refractivity contribution in [3.05, 3.63) is 76.5 Å². The predicted octanol–water partition coefficient (Wildman–Crippen LogP) is 4.96. The van der Waals surface area contributed by atoms with Gasteiger partial charge in [0.2, 0.25) is 0 Å². The van der Waals surface area contributed by atoms with Crippen LogP contribution in [-0.4, -0.2) is 29.5 Å². The molecule has 0 amide bonds. The van der Waals surface area contributed by atoms with Gasteiger partial charge >= 0.3 is 0 Å². The van der Waals surface area contributed by atoms with E-state index in [1.54, 1.807) is 30.5 Å². The van der Waals surface area contributed by atoms with Gasteiger partial charge in [0.25, 0.3) is 0 Å². The maximum absolute atomic E-state index is 13.5. The van der Waals surface area contributed by atoms with Crippen molar-refractivity contribution in [3.63, 3.8) is 0 Å². The van der Waals surface area contributed by atoms with E-state index in [0.29, 0.717) is 19.0 Å². The number of H-pyrrole nitrogens is 1. The summed E-state index contributed by atoms with van der Waals surface area (Å²) >= 11 is 1.63. The van der Waals surface area contributed by atoms with Crippen LogP contribution in [0.4, 0.5) is 4.39 Å². The third-order valence-corrected chi connectivity index (χ3v) is 5.52. The zero-order valence-corrected chi connectivity index (χ0v) is 19.6. The van der Waals surface area contributed by atoms with Crippen LogP contribution in [0.3, 0.4) is 0 Å². The van der Waals surface area contributed by atoms with Crippen molar-refractivity contribution >= 4 is 52.2 Å². The lowest BCUT2D eigenvalue weighted by molar-refractivity contribution is 0.629. The summed E-state index contributed by atoms with van der Waals surface area (Å²) in [6.45, 7) is 1.30. The highest BCUT2D eigenvalue weighted by atomic mass is 127. The SMILES string of the molecule is CN=C(NCCc1c[nH]c2ccc(F)cc12)NCc1nc(-c2ccccc2)cs1.I. The molecule has 5 nitrogen and oxygen atoms in total. The molecule has 0 aliphatic rings. The van der Waals surface area contributed by atoms with Gasteiger partial charge in [-0.1, -0.05) is 30.3 Å². The second-order valence-corrected chi connectivity index (χ2v) is 7.54. The number of halogens is 2. The number of guanidine groups is 1. The first-order valence-electron chi connectivity index (χ1n) is 9.43. The van der Waals surface area contributed by atoms with Gasteiger partial charge in [-0.2, -0.15) is 0 Å². The highest BCUT2D eigenvalue weighted by molar-refractivity contribution is 14.0. The molecule has 2 aromatic carbocycles. The van der Waals surface area contributed by atoms with Crippen molar-refractivity contribution in [1.29, 1.82) is 0 Å². The van der Waals surface area contributed by atoms with E-state index in [-0.39, 0.29) is 29.8 Å². The van der Waals surface area contributed by atoms with Gasteiger partial charge in [0, 0.05) is 41.6 Å². The number of thiazole rings is 1. The summed E-state index contributed by atoms with van der Waals surface area (Å²) in [5.74, 6) is 0.495. The average molecular weight is 535 g/mol. The normalized spacial score (nSPS) is 11.3. The predicted molar refractivity (Wildman–Crippen MR) is 133 cm³/mol. The van der Waals surface area contributed by atoms with Crippen molar-refractivity contribution < 1.29 is 4.39 Å². The van der Waals surface area contributed by atoms with Crippen LogP contribution < -0.4 is 10.6 Å². The molecule has 0 bridgehead atoms. The zero-order valence-electron chi connectivity index (χ0n) is 16.5. The van der Waals surface area contributed by atoms with Crippen molar-refractivity contribution in [2.24, 2.45) is 4.99 Å². The smallest absolute Gasteiger partial charge is 0.191 e. The third-order valence-electron chi connectivity index (χ3n) is 4.67. The van der Waals surface area contributed by atoms with E-state index < -0.39 is 0 Å². The highest BCUT2D eigenvalue weighted by Gasteiger charge is 2.07. The molecule has 8 heteroatoms. The third kappa shape index (κ3) is 5.37. The van der Waals surface area contributed by atoms with E-state index in [1.165, 1.54) is 6.07 Å². The first-order chi connectivity index (χ1) is 14.2. The quantitative estimate of drug-likeness (QED) is 0.186. The van der Waals surface area contributed by atoms with Crippen molar-refractivity contribution in [1.82, 2.24) is 20.6 Å². The molecule has 0 atom stereocenters. The number of aliphatic imine (C=N–C) groups is 1. The number of nitrogens with zero attached hydrogens (tertiary/aromatic N) is 2. The number of rotatable bonds is 6. The highest BCUT2D eigenvalue weighted by Crippen LogP contribution is 2.21. The van der Waals surface area contributed by atoms with Crippen LogP contribution >= 0.6 is 35.3 Å². The number of nitrogens with one attached hydrogen (secondary N) is 3. The van der Waals surface area contributed by atoms with Crippen LogP contribution in [0, 0.1) is 5.82 Å². The first kappa shape index (κ1) is 22.2. The molecular weight excluding hydrogens is 512 g/mol. The molecule has 156 valence electrons. The van der Waals surface area contributed by atoms with Crippen LogP contribution in [0.5, 0.6) is 0 Å². The largest absolute Gasteiger partial charge is 0.361 e. The molecule has 0 spiro atoms. The second-order valence-electron chi connectivity index (χ2n) is 6.60. The van der Waals surface area contributed by atoms with Gasteiger partial charge < -0.3 is 15.6 Å². The minimum Gasteiger partial charge on any atom is -0.361 e. The second kappa shape index (κ2) is 10.5. The Bertz CT molecular complexity index is 1120. The van der Waals surface area contributed by atoms with Crippen LogP contribution in [0.1, 0.15) is 10.6 Å². The first-order valence-corrected chi connectivity index (χ1v) is 10.3. The average Bonchev–Trinajstić information content (AvgIpc) is 3.38. The molecule has 0 aliphatic heterocycles. The molecule has 2 aromatic heterocycles. The topological polar surface area (TPSA) is 65.1 Å². The minimum absolute atomic E-state index is 0. The number of fused-ring (bicyclic) bond motifs is 1. The minimum atomic E-state index is -0.220. The monoisotopic (exact) mass is 535 g/mol. The van der Waals surface area contributed by atoms with E-state index >= 15 is 0 Å². The van der Waals surface area contributed by atoms with Crippen LogP contribution in [0.15, 0.2) is 65.1 Å². The number of aromatic amines is 1. The molecule has 0 saturated heterocycles. The molecule has 3 N–H and O–H groups in total. The Balaban J connectivity index is 0.00000256. The summed E-state index contributed by atoms with van der Waals surface area (Å²) in [4.78, 5) is 12.1. The Morgan fingerprint density at radius 3 is 2.80 bits per heavy atom. The van der Waals surface area contributed by atoms with Crippen LogP contribution in [-0.2, 0) is 13.0 Å². The summed E-state index contributed by atoms with van der Waals surface area (Å²) in [5, 5.41) is 10.6. The van der Waals surface area contributed by atoms with Crippen molar-refractivity contribution in [2.45, 2.75) is 13.0 Å².